The molecule has 24 heavy (non-hydrogen) atoms. The number of para-hydroxylation sites is 1. The van der Waals surface area contributed by atoms with Crippen molar-refractivity contribution in [2.75, 3.05) is 6.54 Å². The van der Waals surface area contributed by atoms with Crippen LogP contribution in [-0.2, 0) is 5.60 Å². The molecule has 0 spiro atoms. The second-order valence-electron chi connectivity index (χ2n) is 5.35. The van der Waals surface area contributed by atoms with Gasteiger partial charge in [-0.1, -0.05) is 18.2 Å². The summed E-state index contributed by atoms with van der Waals surface area (Å²) in [4.78, 5) is 22.3. The van der Waals surface area contributed by atoms with Gasteiger partial charge in [0, 0.05) is 17.7 Å². The van der Waals surface area contributed by atoms with Gasteiger partial charge in [-0.05, 0) is 19.1 Å². The molecule has 2 N–H and O–H groups in total. The molecule has 0 aliphatic carbocycles. The van der Waals surface area contributed by atoms with E-state index < -0.39 is 34.6 Å². The highest BCUT2D eigenvalue weighted by Crippen LogP contribution is 2.24. The maximum absolute atomic E-state index is 13.8. The van der Waals surface area contributed by atoms with Gasteiger partial charge in [-0.2, -0.15) is 0 Å². The highest BCUT2D eigenvalue weighted by Gasteiger charge is 2.28. The van der Waals surface area contributed by atoms with Crippen molar-refractivity contribution < 1.29 is 23.6 Å². The summed E-state index contributed by atoms with van der Waals surface area (Å²) in [7, 11) is 0. The summed E-state index contributed by atoms with van der Waals surface area (Å²) in [5, 5.41) is 23.6. The molecule has 0 aliphatic rings. The highest BCUT2D eigenvalue weighted by molar-refractivity contribution is 5.98. The Morgan fingerprint density at radius 3 is 2.58 bits per heavy atom. The molecule has 0 aromatic heterocycles. The molecule has 0 saturated carbocycles. The van der Waals surface area contributed by atoms with Crippen molar-refractivity contribution in [2.45, 2.75) is 12.5 Å². The number of nitrogens with one attached hydrogen (secondary N) is 1. The van der Waals surface area contributed by atoms with Crippen LogP contribution in [0.2, 0.25) is 0 Å². The second-order valence-corrected chi connectivity index (χ2v) is 5.35. The van der Waals surface area contributed by atoms with E-state index in [1.807, 2.05) is 0 Å². The first-order valence-electron chi connectivity index (χ1n) is 6.92. The molecule has 0 radical (unpaired) electrons. The number of hydrogen-bond donors (Lipinski definition) is 2. The molecule has 0 unspecified atom stereocenters. The van der Waals surface area contributed by atoms with E-state index in [0.717, 1.165) is 12.1 Å². The molecule has 0 heterocycles. The molecule has 0 saturated heterocycles. The van der Waals surface area contributed by atoms with Gasteiger partial charge in [-0.25, -0.2) is 8.78 Å². The van der Waals surface area contributed by atoms with E-state index in [-0.39, 0.29) is 16.8 Å². The quantitative estimate of drug-likeness (QED) is 0.648. The minimum Gasteiger partial charge on any atom is -0.383 e. The standard InChI is InChI=1S/C16H14F2N2O4/c1-16(22,12-7-6-10(17)8-13(12)18)9-19-15(21)11-4-2-3-5-14(11)20(23)24/h2-8,22H,9H2,1H3,(H,19,21)/t16-/m0/s1. The number of nitrogens with zero attached hydrogens (tertiary/aromatic N) is 1. The number of hydrogen-bond acceptors (Lipinski definition) is 4. The number of nitro groups is 1. The van der Waals surface area contributed by atoms with E-state index in [4.69, 9.17) is 0 Å². The lowest BCUT2D eigenvalue weighted by molar-refractivity contribution is -0.385. The molecular formula is C16H14F2N2O4. The summed E-state index contributed by atoms with van der Waals surface area (Å²) in [6.07, 6.45) is 0. The fourth-order valence-corrected chi connectivity index (χ4v) is 2.19. The van der Waals surface area contributed by atoms with E-state index >= 15 is 0 Å². The smallest absolute Gasteiger partial charge is 0.282 e. The van der Waals surface area contributed by atoms with Crippen molar-refractivity contribution in [3.8, 4) is 0 Å². The van der Waals surface area contributed by atoms with E-state index in [1.54, 1.807) is 0 Å². The van der Waals surface area contributed by atoms with Crippen LogP contribution in [0.1, 0.15) is 22.8 Å². The Hall–Kier alpha value is -2.87. The third-order valence-corrected chi connectivity index (χ3v) is 3.45. The van der Waals surface area contributed by atoms with Gasteiger partial charge in [0.2, 0.25) is 0 Å². The maximum Gasteiger partial charge on any atom is 0.282 e. The topological polar surface area (TPSA) is 92.5 Å². The zero-order valence-corrected chi connectivity index (χ0v) is 12.6. The number of amides is 1. The molecule has 0 aliphatic heterocycles. The minimum atomic E-state index is -1.82. The number of rotatable bonds is 5. The highest BCUT2D eigenvalue weighted by atomic mass is 19.1. The molecule has 2 rings (SSSR count). The van der Waals surface area contributed by atoms with Crippen LogP contribution >= 0.6 is 0 Å². The summed E-state index contributed by atoms with van der Waals surface area (Å²) >= 11 is 0. The van der Waals surface area contributed by atoms with Crippen molar-refractivity contribution in [3.05, 3.63) is 75.3 Å². The van der Waals surface area contributed by atoms with Gasteiger partial charge in [0.05, 0.1) is 11.5 Å². The number of carbonyl (C=O) groups excluding carboxylic acids is 1. The van der Waals surface area contributed by atoms with Crippen molar-refractivity contribution in [2.24, 2.45) is 0 Å². The largest absolute Gasteiger partial charge is 0.383 e. The predicted octanol–water partition coefficient (Wildman–Crippen LogP) is 2.51. The molecule has 126 valence electrons. The Kier molecular flexibility index (Phi) is 4.89. The summed E-state index contributed by atoms with van der Waals surface area (Å²) in [6.45, 7) is 0.823. The SMILES string of the molecule is C[C@](O)(CNC(=O)c1ccccc1[N+](=O)[O-])c1ccc(F)cc1F. The van der Waals surface area contributed by atoms with Crippen LogP contribution in [0.25, 0.3) is 0 Å². The molecule has 1 atom stereocenters. The fraction of sp³-hybridized carbons (Fsp3) is 0.188. The van der Waals surface area contributed by atoms with Crippen LogP contribution in [0.5, 0.6) is 0 Å². The van der Waals surface area contributed by atoms with Gasteiger partial charge in [-0.3, -0.25) is 14.9 Å². The van der Waals surface area contributed by atoms with Gasteiger partial charge >= 0.3 is 0 Å². The minimum absolute atomic E-state index is 0.183. The molecule has 6 nitrogen and oxygen atoms in total. The molecular weight excluding hydrogens is 322 g/mol. The van der Waals surface area contributed by atoms with E-state index in [0.29, 0.717) is 6.07 Å². The first-order chi connectivity index (χ1) is 11.2. The molecule has 0 fully saturated rings. The Balaban J connectivity index is 2.17. The summed E-state index contributed by atoms with van der Waals surface area (Å²) in [5.74, 6) is -2.54. The number of aliphatic hydroxyl groups is 1. The van der Waals surface area contributed by atoms with Crippen LogP contribution in [0.4, 0.5) is 14.5 Å². The van der Waals surface area contributed by atoms with E-state index in [2.05, 4.69) is 5.32 Å². The monoisotopic (exact) mass is 336 g/mol. The Labute approximate surface area is 135 Å². The summed E-state index contributed by atoms with van der Waals surface area (Å²) < 4.78 is 26.7. The first kappa shape index (κ1) is 17.5. The molecule has 2 aromatic rings. The number of halogens is 2. The van der Waals surface area contributed by atoms with E-state index in [9.17, 15) is 28.8 Å². The average Bonchev–Trinajstić information content (AvgIpc) is 2.52. The average molecular weight is 336 g/mol. The van der Waals surface area contributed by atoms with Gasteiger partial charge in [0.1, 0.15) is 22.8 Å². The molecule has 0 bridgehead atoms. The van der Waals surface area contributed by atoms with Crippen molar-refractivity contribution in [3.63, 3.8) is 0 Å². The Morgan fingerprint density at radius 1 is 1.29 bits per heavy atom. The Bertz CT molecular complexity index is 793. The van der Waals surface area contributed by atoms with Crippen molar-refractivity contribution >= 4 is 11.6 Å². The molecule has 8 heteroatoms. The van der Waals surface area contributed by atoms with E-state index in [1.165, 1.54) is 31.2 Å². The van der Waals surface area contributed by atoms with Crippen LogP contribution in [-0.4, -0.2) is 22.5 Å². The van der Waals surface area contributed by atoms with Crippen molar-refractivity contribution in [1.82, 2.24) is 5.32 Å². The molecule has 1 amide bonds. The zero-order chi connectivity index (χ0) is 17.9. The zero-order valence-electron chi connectivity index (χ0n) is 12.6. The number of benzene rings is 2. The van der Waals surface area contributed by atoms with Crippen molar-refractivity contribution in [1.29, 1.82) is 0 Å². The fourth-order valence-electron chi connectivity index (χ4n) is 2.19. The van der Waals surface area contributed by atoms with Gasteiger partial charge in [-0.15, -0.1) is 0 Å². The third-order valence-electron chi connectivity index (χ3n) is 3.45. The lowest BCUT2D eigenvalue weighted by Gasteiger charge is -2.24. The van der Waals surface area contributed by atoms with Gasteiger partial charge in [0.25, 0.3) is 11.6 Å². The summed E-state index contributed by atoms with van der Waals surface area (Å²) in [5.41, 5.74) is -2.59. The van der Waals surface area contributed by atoms with Crippen LogP contribution in [0.3, 0.4) is 0 Å². The van der Waals surface area contributed by atoms with Crippen LogP contribution in [0.15, 0.2) is 42.5 Å². The number of carbonyl (C=O) groups is 1. The molecule has 2 aromatic carbocycles. The third kappa shape index (κ3) is 3.72. The first-order valence-corrected chi connectivity index (χ1v) is 6.92. The second kappa shape index (κ2) is 6.71. The van der Waals surface area contributed by atoms with Gasteiger partial charge < -0.3 is 10.4 Å². The van der Waals surface area contributed by atoms with Gasteiger partial charge in [0.15, 0.2) is 0 Å². The normalized spacial score (nSPS) is 13.2. The predicted molar refractivity (Wildman–Crippen MR) is 81.4 cm³/mol. The van der Waals surface area contributed by atoms with Crippen LogP contribution in [0, 0.1) is 21.7 Å². The summed E-state index contributed by atoms with van der Waals surface area (Å²) in [6, 6.07) is 7.98. The lowest BCUT2D eigenvalue weighted by atomic mass is 9.95. The van der Waals surface area contributed by atoms with Crippen LogP contribution < -0.4 is 5.32 Å². The lowest BCUT2D eigenvalue weighted by Crippen LogP contribution is -2.39. The Morgan fingerprint density at radius 2 is 1.96 bits per heavy atom. The maximum atomic E-state index is 13.8. The number of nitro benzene ring substituents is 1.